The van der Waals surface area contributed by atoms with Gasteiger partial charge in [0.05, 0.1) is 23.9 Å². The molecule has 2 heterocycles. The Labute approximate surface area is 269 Å². The predicted octanol–water partition coefficient (Wildman–Crippen LogP) is 5.24. The highest BCUT2D eigenvalue weighted by Gasteiger charge is 2.35. The number of hydrogen-bond acceptors (Lipinski definition) is 9. The normalized spacial score (nSPS) is 17.5. The third-order valence-corrected chi connectivity index (χ3v) is 9.63. The SMILES string of the molecule is Cc1noc(C)c1S(=O)(=O)Nc1cccc2c1O[C@@H](CN(C)Cc1ccc(Oc3ccccc3)cc1)[C@@H](C)CN([C@@H](C)CO)C2=O. The molecular formula is C34H40N4O7S. The van der Waals surface area contributed by atoms with Gasteiger partial charge in [-0.05, 0) is 69.8 Å². The fourth-order valence-electron chi connectivity index (χ4n) is 5.57. The molecular weight excluding hydrogens is 608 g/mol. The largest absolute Gasteiger partial charge is 0.486 e. The minimum atomic E-state index is -4.13. The molecule has 0 fully saturated rings. The van der Waals surface area contributed by atoms with Gasteiger partial charge < -0.3 is 24.0 Å². The first-order valence-corrected chi connectivity index (χ1v) is 16.6. The van der Waals surface area contributed by atoms with Crippen molar-refractivity contribution in [1.82, 2.24) is 15.0 Å². The lowest BCUT2D eigenvalue weighted by atomic mass is 9.99. The van der Waals surface area contributed by atoms with Crippen molar-refractivity contribution in [3.63, 3.8) is 0 Å². The van der Waals surface area contributed by atoms with Crippen molar-refractivity contribution in [1.29, 1.82) is 0 Å². The van der Waals surface area contributed by atoms with Crippen LogP contribution in [-0.2, 0) is 16.6 Å². The second-order valence-corrected chi connectivity index (χ2v) is 13.4. The van der Waals surface area contributed by atoms with Crippen LogP contribution in [0.4, 0.5) is 5.69 Å². The number of benzene rings is 3. The van der Waals surface area contributed by atoms with Gasteiger partial charge in [0.25, 0.3) is 15.9 Å². The Hall–Kier alpha value is -4.39. The van der Waals surface area contributed by atoms with Crippen LogP contribution in [0.5, 0.6) is 17.2 Å². The fourth-order valence-corrected chi connectivity index (χ4v) is 6.96. The Morgan fingerprint density at radius 3 is 2.41 bits per heavy atom. The average molecular weight is 649 g/mol. The number of amides is 1. The minimum absolute atomic E-state index is 0.0670. The molecule has 12 heteroatoms. The van der Waals surface area contributed by atoms with Gasteiger partial charge in [-0.15, -0.1) is 0 Å². The van der Waals surface area contributed by atoms with Crippen LogP contribution in [0.1, 0.15) is 41.2 Å². The molecule has 5 rings (SSSR count). The number of anilines is 1. The van der Waals surface area contributed by atoms with Gasteiger partial charge in [0.15, 0.2) is 16.4 Å². The number of aliphatic hydroxyl groups is 1. The summed E-state index contributed by atoms with van der Waals surface area (Å²) in [5.41, 5.74) is 1.61. The first-order valence-electron chi connectivity index (χ1n) is 15.1. The van der Waals surface area contributed by atoms with Gasteiger partial charge >= 0.3 is 0 Å². The molecule has 0 unspecified atom stereocenters. The van der Waals surface area contributed by atoms with Crippen molar-refractivity contribution >= 4 is 21.6 Å². The van der Waals surface area contributed by atoms with E-state index in [9.17, 15) is 18.3 Å². The Morgan fingerprint density at radius 2 is 1.76 bits per heavy atom. The van der Waals surface area contributed by atoms with Crippen LogP contribution in [0.2, 0.25) is 0 Å². The number of rotatable bonds is 11. The van der Waals surface area contributed by atoms with Gasteiger partial charge in [-0.1, -0.05) is 48.5 Å². The average Bonchev–Trinajstić information content (AvgIpc) is 3.38. The maximum Gasteiger partial charge on any atom is 0.267 e. The quantitative estimate of drug-likeness (QED) is 0.224. The van der Waals surface area contributed by atoms with Crippen LogP contribution in [0.15, 0.2) is 82.2 Å². The van der Waals surface area contributed by atoms with Crippen LogP contribution < -0.4 is 14.2 Å². The number of likely N-dealkylation sites (N-methyl/N-ethyl adjacent to an activating group) is 1. The van der Waals surface area contributed by atoms with Gasteiger partial charge in [-0.25, -0.2) is 8.42 Å². The van der Waals surface area contributed by atoms with Crippen LogP contribution in [0.3, 0.4) is 0 Å². The number of aryl methyl sites for hydroxylation is 2. The van der Waals surface area contributed by atoms with E-state index in [0.717, 1.165) is 17.1 Å². The highest BCUT2D eigenvalue weighted by molar-refractivity contribution is 7.92. The van der Waals surface area contributed by atoms with E-state index < -0.39 is 22.2 Å². The fraction of sp³-hybridized carbons (Fsp3) is 0.353. The molecule has 11 nitrogen and oxygen atoms in total. The number of aromatic nitrogens is 1. The molecule has 1 aliphatic rings. The lowest BCUT2D eigenvalue weighted by Crippen LogP contribution is -2.49. The molecule has 244 valence electrons. The molecule has 1 aliphatic heterocycles. The molecule has 3 atom stereocenters. The monoisotopic (exact) mass is 648 g/mol. The van der Waals surface area contributed by atoms with Crippen molar-refractivity contribution in [3.8, 4) is 17.2 Å². The number of carbonyl (C=O) groups is 1. The summed E-state index contributed by atoms with van der Waals surface area (Å²) in [5, 5.41) is 13.8. The number of para-hydroxylation sites is 2. The summed E-state index contributed by atoms with van der Waals surface area (Å²) in [7, 11) is -2.15. The topological polar surface area (TPSA) is 134 Å². The summed E-state index contributed by atoms with van der Waals surface area (Å²) < 4.78 is 47.2. The van der Waals surface area contributed by atoms with E-state index in [-0.39, 0.29) is 51.8 Å². The smallest absolute Gasteiger partial charge is 0.267 e. The van der Waals surface area contributed by atoms with Crippen LogP contribution in [0, 0.1) is 19.8 Å². The predicted molar refractivity (Wildman–Crippen MR) is 174 cm³/mol. The van der Waals surface area contributed by atoms with Gasteiger partial charge in [0.2, 0.25) is 0 Å². The Morgan fingerprint density at radius 1 is 1.07 bits per heavy atom. The van der Waals surface area contributed by atoms with Crippen molar-refractivity contribution in [2.45, 2.75) is 51.3 Å². The third-order valence-electron chi connectivity index (χ3n) is 8.02. The maximum absolute atomic E-state index is 13.8. The molecule has 2 N–H and O–H groups in total. The summed E-state index contributed by atoms with van der Waals surface area (Å²) in [4.78, 5) is 17.5. The summed E-state index contributed by atoms with van der Waals surface area (Å²) in [6.45, 7) is 8.05. The molecule has 4 aromatic rings. The zero-order valence-electron chi connectivity index (χ0n) is 26.6. The van der Waals surface area contributed by atoms with Gasteiger partial charge in [0.1, 0.15) is 23.3 Å². The van der Waals surface area contributed by atoms with Crippen molar-refractivity contribution in [2.24, 2.45) is 5.92 Å². The molecule has 0 radical (unpaired) electrons. The number of ether oxygens (including phenoxy) is 2. The van der Waals surface area contributed by atoms with E-state index in [0.29, 0.717) is 19.6 Å². The summed E-state index contributed by atoms with van der Waals surface area (Å²) in [5.74, 6) is 1.26. The zero-order chi connectivity index (χ0) is 33.0. The maximum atomic E-state index is 13.8. The first-order chi connectivity index (χ1) is 22.0. The zero-order valence-corrected chi connectivity index (χ0v) is 27.5. The molecule has 0 aliphatic carbocycles. The van der Waals surface area contributed by atoms with Crippen molar-refractivity contribution in [3.05, 3.63) is 95.4 Å². The number of fused-ring (bicyclic) bond motifs is 1. The van der Waals surface area contributed by atoms with E-state index in [1.807, 2.05) is 68.6 Å². The lowest BCUT2D eigenvalue weighted by molar-refractivity contribution is 0.0344. The van der Waals surface area contributed by atoms with E-state index in [4.69, 9.17) is 14.0 Å². The standard InChI is InChI=1S/C34H40N4O7S/c1-22-18-38(23(2)21-39)34(40)29-12-9-13-30(36-46(41,42)33-24(3)35-45-25(33)4)32(29)44-31(22)20-37(5)19-26-14-16-28(17-15-26)43-27-10-7-6-8-11-27/h6-17,22-23,31,36,39H,18-21H2,1-5H3/t22-,23-,31-/m0/s1. The number of nitrogens with zero attached hydrogens (tertiary/aromatic N) is 3. The van der Waals surface area contributed by atoms with E-state index in [1.165, 1.54) is 6.92 Å². The molecule has 0 saturated carbocycles. The third kappa shape index (κ3) is 7.35. The number of aliphatic hydroxyl groups excluding tert-OH is 1. The number of hydrogen-bond donors (Lipinski definition) is 2. The molecule has 0 bridgehead atoms. The molecule has 46 heavy (non-hydrogen) atoms. The number of nitrogens with one attached hydrogen (secondary N) is 1. The minimum Gasteiger partial charge on any atom is -0.486 e. The van der Waals surface area contributed by atoms with Crippen molar-refractivity contribution < 1.29 is 32.3 Å². The molecule has 1 aromatic heterocycles. The summed E-state index contributed by atoms with van der Waals surface area (Å²) in [6.07, 6.45) is -0.435. The molecule has 1 amide bonds. The van der Waals surface area contributed by atoms with Crippen LogP contribution >= 0.6 is 0 Å². The van der Waals surface area contributed by atoms with Crippen molar-refractivity contribution in [2.75, 3.05) is 31.5 Å². The van der Waals surface area contributed by atoms with Crippen LogP contribution in [0.25, 0.3) is 0 Å². The number of carbonyl (C=O) groups excluding carboxylic acids is 1. The number of sulfonamides is 1. The van der Waals surface area contributed by atoms with E-state index in [2.05, 4.69) is 14.8 Å². The molecule has 0 spiro atoms. The van der Waals surface area contributed by atoms with E-state index in [1.54, 1.807) is 36.9 Å². The Kier molecular flexibility index (Phi) is 10.00. The van der Waals surface area contributed by atoms with E-state index >= 15 is 0 Å². The lowest BCUT2D eigenvalue weighted by Gasteiger charge is -2.38. The van der Waals surface area contributed by atoms with Gasteiger partial charge in [-0.2, -0.15) is 0 Å². The highest BCUT2D eigenvalue weighted by atomic mass is 32.2. The summed E-state index contributed by atoms with van der Waals surface area (Å²) >= 11 is 0. The Bertz CT molecular complexity index is 1740. The second-order valence-electron chi connectivity index (χ2n) is 11.8. The van der Waals surface area contributed by atoms with Gasteiger partial charge in [0, 0.05) is 25.6 Å². The highest BCUT2D eigenvalue weighted by Crippen LogP contribution is 2.37. The molecule has 3 aromatic carbocycles. The first kappa shape index (κ1) is 33.0. The summed E-state index contributed by atoms with van der Waals surface area (Å²) in [6, 6.07) is 21.8. The second kappa shape index (κ2) is 13.9. The van der Waals surface area contributed by atoms with Crippen LogP contribution in [-0.4, -0.2) is 73.3 Å². The van der Waals surface area contributed by atoms with Gasteiger partial charge in [-0.3, -0.25) is 14.4 Å². The Balaban J connectivity index is 1.41. The molecule has 0 saturated heterocycles.